The highest BCUT2D eigenvalue weighted by Gasteiger charge is 2.27. The van der Waals surface area contributed by atoms with Gasteiger partial charge in [-0.1, -0.05) is 20.3 Å². The summed E-state index contributed by atoms with van der Waals surface area (Å²) in [6.07, 6.45) is 11.1. The number of hydrogen-bond donors (Lipinski definition) is 4. The third-order valence-electron chi connectivity index (χ3n) is 6.05. The van der Waals surface area contributed by atoms with E-state index < -0.39 is 0 Å². The highest BCUT2D eigenvalue weighted by Crippen LogP contribution is 2.37. The van der Waals surface area contributed by atoms with Crippen molar-refractivity contribution in [1.29, 1.82) is 0 Å². The number of hydrogen-bond acceptors (Lipinski definition) is 2. The van der Waals surface area contributed by atoms with E-state index in [1.54, 1.807) is 0 Å². The number of rotatable bonds is 14. The Bertz CT molecular complexity index is 449. The van der Waals surface area contributed by atoms with Crippen LogP contribution in [0.4, 0.5) is 0 Å². The van der Waals surface area contributed by atoms with Crippen LogP contribution >= 0.6 is 23.5 Å². The van der Waals surface area contributed by atoms with E-state index in [0.29, 0.717) is 0 Å². The van der Waals surface area contributed by atoms with Gasteiger partial charge in [-0.2, -0.15) is 23.5 Å². The molecule has 0 aromatic carbocycles. The zero-order valence-corrected chi connectivity index (χ0v) is 21.4. The van der Waals surface area contributed by atoms with Gasteiger partial charge in [0, 0.05) is 34.8 Å². The van der Waals surface area contributed by atoms with Gasteiger partial charge >= 0.3 is 0 Å². The van der Waals surface area contributed by atoms with Gasteiger partial charge in [0.15, 0.2) is 0 Å². The van der Waals surface area contributed by atoms with Gasteiger partial charge in [0.25, 0.3) is 0 Å². The smallest absolute Gasteiger partial charge is 0.240 e. The molecule has 8 heteroatoms. The Morgan fingerprint density at radius 1 is 0.724 bits per heavy atom. The number of unbranched alkanes of at least 4 members (excludes halogenated alkanes) is 2. The fourth-order valence-corrected chi connectivity index (χ4v) is 6.18. The molecule has 29 heavy (non-hydrogen) atoms. The molecule has 4 atom stereocenters. The molecular weight excluding hydrogens is 443 g/mol. The molecule has 2 aliphatic rings. The largest absolute Gasteiger partial charge is 1.00 e. The molecular formula is C21H42Cl2N4S2. The van der Waals surface area contributed by atoms with Gasteiger partial charge in [0.2, 0.25) is 11.7 Å². The van der Waals surface area contributed by atoms with Crippen LogP contribution in [0.1, 0.15) is 71.6 Å². The second-order valence-electron chi connectivity index (χ2n) is 8.39. The lowest BCUT2D eigenvalue weighted by Crippen LogP contribution is -3.00. The Kier molecular flexibility index (Phi) is 17.0. The van der Waals surface area contributed by atoms with Crippen LogP contribution in [0, 0.1) is 11.8 Å². The molecule has 0 aromatic rings. The molecule has 2 fully saturated rings. The number of nitrogens with one attached hydrogen (secondary N) is 2. The number of halogens is 2. The standard InChI is InChI=1S/C21H40N4S2.2ClH/c1-16-8-10-18(16)26-14-12-24-20(22)6-4-3-5-7-21(23)25-13-15-27-19-11-9-17(19)2;;/h16-19H,3-15H2,1-2H3,(H2,22,24)(H2,23,25);2*1H. The minimum absolute atomic E-state index is 0. The predicted octanol–water partition coefficient (Wildman–Crippen LogP) is -5.12. The number of nitrogens with two attached hydrogens (primary N) is 2. The second-order valence-corrected chi connectivity index (χ2v) is 11.1. The second kappa shape index (κ2) is 16.9. The van der Waals surface area contributed by atoms with Crippen molar-refractivity contribution in [2.24, 2.45) is 23.3 Å². The van der Waals surface area contributed by atoms with E-state index in [-0.39, 0.29) is 24.8 Å². The van der Waals surface area contributed by atoms with Crippen LogP contribution in [0.5, 0.6) is 0 Å². The Balaban J connectivity index is 0.00000392. The fourth-order valence-electron chi connectivity index (χ4n) is 3.60. The third-order valence-corrected chi connectivity index (χ3v) is 9.18. The van der Waals surface area contributed by atoms with E-state index in [4.69, 9.17) is 11.5 Å². The van der Waals surface area contributed by atoms with Crippen molar-refractivity contribution in [2.45, 2.75) is 82.1 Å². The first-order valence-corrected chi connectivity index (χ1v) is 13.1. The first-order chi connectivity index (χ1) is 13.1. The van der Waals surface area contributed by atoms with Crippen LogP contribution in [0.25, 0.3) is 0 Å². The first kappa shape index (κ1) is 29.2. The lowest BCUT2D eigenvalue weighted by molar-refractivity contribution is -0.453. The van der Waals surface area contributed by atoms with Gasteiger partial charge < -0.3 is 24.8 Å². The van der Waals surface area contributed by atoms with Crippen LogP contribution in [-0.4, -0.2) is 46.8 Å². The van der Waals surface area contributed by atoms with Crippen molar-refractivity contribution in [3.05, 3.63) is 0 Å². The van der Waals surface area contributed by atoms with E-state index in [1.165, 1.54) is 43.6 Å². The van der Waals surface area contributed by atoms with Crippen molar-refractivity contribution < 1.29 is 34.8 Å². The molecule has 0 radical (unpaired) electrons. The summed E-state index contributed by atoms with van der Waals surface area (Å²) in [5, 5.41) is 1.78. The van der Waals surface area contributed by atoms with Crippen molar-refractivity contribution in [3.63, 3.8) is 0 Å². The maximum Gasteiger partial charge on any atom is 0.240 e. The van der Waals surface area contributed by atoms with Gasteiger partial charge in [-0.3, -0.25) is 21.5 Å². The molecule has 0 amide bonds. The molecule has 2 aliphatic carbocycles. The summed E-state index contributed by atoms with van der Waals surface area (Å²) in [6.45, 7) is 6.73. The predicted molar refractivity (Wildman–Crippen MR) is 122 cm³/mol. The van der Waals surface area contributed by atoms with Crippen molar-refractivity contribution >= 4 is 35.2 Å². The maximum absolute atomic E-state index is 6.09. The zero-order chi connectivity index (χ0) is 19.5. The third kappa shape index (κ3) is 12.0. The molecule has 0 spiro atoms. The zero-order valence-electron chi connectivity index (χ0n) is 18.2. The molecule has 6 N–H and O–H groups in total. The summed E-state index contributed by atoms with van der Waals surface area (Å²) in [4.78, 5) is 6.77. The average Bonchev–Trinajstić information content (AvgIpc) is 2.64. The fraction of sp³-hybridized carbons (Fsp3) is 0.905. The normalized spacial score (nSPS) is 26.7. The van der Waals surface area contributed by atoms with Gasteiger partial charge in [-0.15, -0.1) is 0 Å². The summed E-state index contributed by atoms with van der Waals surface area (Å²) in [6, 6.07) is 0. The molecule has 0 saturated heterocycles. The highest BCUT2D eigenvalue weighted by atomic mass is 35.5. The van der Waals surface area contributed by atoms with Crippen molar-refractivity contribution in [3.8, 4) is 0 Å². The van der Waals surface area contributed by atoms with Crippen LogP contribution < -0.4 is 46.3 Å². The van der Waals surface area contributed by atoms with Gasteiger partial charge in [0.05, 0.1) is 13.1 Å². The van der Waals surface area contributed by atoms with Gasteiger partial charge in [-0.25, -0.2) is 0 Å². The summed E-state index contributed by atoms with van der Waals surface area (Å²) >= 11 is 4.21. The monoisotopic (exact) mass is 484 g/mol. The lowest BCUT2D eigenvalue weighted by Gasteiger charge is -2.32. The Morgan fingerprint density at radius 3 is 1.45 bits per heavy atom. The summed E-state index contributed by atoms with van der Waals surface area (Å²) in [5.74, 6) is 6.08. The molecule has 2 saturated carbocycles. The summed E-state index contributed by atoms with van der Waals surface area (Å²) < 4.78 is 0. The van der Waals surface area contributed by atoms with Crippen LogP contribution in [0.15, 0.2) is 0 Å². The SMILES string of the molecule is CC1CCC1SCC[NH+]=C(N)CCCCCC(N)=[NH+]CCSC1CCC1C.[Cl-].[Cl-]. The molecule has 4 unspecified atom stereocenters. The quantitative estimate of drug-likeness (QED) is 0.113. The van der Waals surface area contributed by atoms with E-state index in [9.17, 15) is 0 Å². The molecule has 0 heterocycles. The molecule has 0 aromatic heterocycles. The maximum atomic E-state index is 6.09. The first-order valence-electron chi connectivity index (χ1n) is 11.0. The molecule has 0 aliphatic heterocycles. The molecule has 0 bridgehead atoms. The molecule has 172 valence electrons. The summed E-state index contributed by atoms with van der Waals surface area (Å²) in [5.41, 5.74) is 12.2. The highest BCUT2D eigenvalue weighted by molar-refractivity contribution is 8.00. The van der Waals surface area contributed by atoms with Crippen LogP contribution in [0.3, 0.4) is 0 Å². The number of amidine groups is 2. The van der Waals surface area contributed by atoms with Crippen molar-refractivity contribution in [1.82, 2.24) is 0 Å². The van der Waals surface area contributed by atoms with E-state index >= 15 is 0 Å². The summed E-state index contributed by atoms with van der Waals surface area (Å²) in [7, 11) is 0. The Morgan fingerprint density at radius 2 is 1.14 bits per heavy atom. The van der Waals surface area contributed by atoms with Crippen molar-refractivity contribution in [2.75, 3.05) is 24.6 Å². The lowest BCUT2D eigenvalue weighted by atomic mass is 9.87. The van der Waals surface area contributed by atoms with E-state index in [2.05, 4.69) is 47.4 Å². The van der Waals surface area contributed by atoms with Crippen LogP contribution in [0.2, 0.25) is 0 Å². The van der Waals surface area contributed by atoms with Gasteiger partial charge in [-0.05, 0) is 50.4 Å². The number of thioether (sulfide) groups is 2. The van der Waals surface area contributed by atoms with Crippen LogP contribution in [-0.2, 0) is 0 Å². The molecule has 4 nitrogen and oxygen atoms in total. The Hall–Kier alpha value is 0.220. The van der Waals surface area contributed by atoms with E-state index in [1.807, 2.05) is 0 Å². The minimum atomic E-state index is 0. The topological polar surface area (TPSA) is 80.0 Å². The molecule has 2 rings (SSSR count). The minimum Gasteiger partial charge on any atom is -1.00 e. The van der Waals surface area contributed by atoms with Gasteiger partial charge in [0.1, 0.15) is 0 Å². The average molecular weight is 486 g/mol. The Labute approximate surface area is 199 Å². The van der Waals surface area contributed by atoms with E-state index in [0.717, 1.165) is 72.8 Å².